The van der Waals surface area contributed by atoms with E-state index in [2.05, 4.69) is 93.9 Å². The normalized spacial score (nSPS) is 14.8. The maximum atomic E-state index is 4.67. The molecule has 1 fully saturated rings. The van der Waals surface area contributed by atoms with Crippen molar-refractivity contribution >= 4 is 11.9 Å². The number of rotatable bonds is 4. The van der Waals surface area contributed by atoms with Crippen LogP contribution in [0.3, 0.4) is 0 Å². The Morgan fingerprint density at radius 2 is 1.19 bits per heavy atom. The third-order valence-electron chi connectivity index (χ3n) is 4.77. The van der Waals surface area contributed by atoms with Crippen LogP contribution in [0.2, 0.25) is 0 Å². The second-order valence-corrected chi connectivity index (χ2v) is 6.51. The SMILES string of the molecule is C(=N/N1CCN(c2ccccc2)CC1)/c1ccc(-c2ccccc2)cc1. The zero-order valence-corrected chi connectivity index (χ0v) is 14.8. The highest BCUT2D eigenvalue weighted by Gasteiger charge is 2.15. The summed E-state index contributed by atoms with van der Waals surface area (Å²) in [5.74, 6) is 0. The van der Waals surface area contributed by atoms with Crippen molar-refractivity contribution < 1.29 is 0 Å². The molecule has 3 heteroatoms. The van der Waals surface area contributed by atoms with Gasteiger partial charge in [0.05, 0.1) is 19.3 Å². The molecule has 0 saturated carbocycles. The van der Waals surface area contributed by atoms with Crippen LogP contribution in [-0.4, -0.2) is 37.4 Å². The van der Waals surface area contributed by atoms with Crippen LogP contribution < -0.4 is 4.90 Å². The van der Waals surface area contributed by atoms with Crippen molar-refractivity contribution in [3.8, 4) is 11.1 Å². The van der Waals surface area contributed by atoms with Gasteiger partial charge < -0.3 is 4.90 Å². The molecular weight excluding hydrogens is 318 g/mol. The van der Waals surface area contributed by atoms with Gasteiger partial charge in [0.15, 0.2) is 0 Å². The Balaban J connectivity index is 1.34. The van der Waals surface area contributed by atoms with Gasteiger partial charge in [0.2, 0.25) is 0 Å². The molecular formula is C23H23N3. The lowest BCUT2D eigenvalue weighted by molar-refractivity contribution is 0.272. The third-order valence-corrected chi connectivity index (χ3v) is 4.77. The second kappa shape index (κ2) is 7.87. The number of anilines is 1. The standard InChI is InChI=1S/C23H23N3/c1-3-7-21(8-4-1)22-13-11-20(12-14-22)19-24-26-17-15-25(16-18-26)23-9-5-2-6-10-23/h1-14,19H,15-18H2/b24-19-. The summed E-state index contributed by atoms with van der Waals surface area (Å²) in [6.45, 7) is 3.92. The number of nitrogens with zero attached hydrogens (tertiary/aromatic N) is 3. The molecule has 4 rings (SSSR count). The fourth-order valence-corrected chi connectivity index (χ4v) is 3.25. The zero-order valence-electron chi connectivity index (χ0n) is 14.8. The van der Waals surface area contributed by atoms with Gasteiger partial charge in [-0.05, 0) is 28.8 Å². The Labute approximate surface area is 155 Å². The summed E-state index contributed by atoms with van der Waals surface area (Å²) >= 11 is 0. The minimum atomic E-state index is 0.952. The summed E-state index contributed by atoms with van der Waals surface area (Å²) < 4.78 is 0. The topological polar surface area (TPSA) is 18.8 Å². The maximum Gasteiger partial charge on any atom is 0.0542 e. The highest BCUT2D eigenvalue weighted by molar-refractivity contribution is 5.80. The van der Waals surface area contributed by atoms with E-state index >= 15 is 0 Å². The quantitative estimate of drug-likeness (QED) is 0.650. The summed E-state index contributed by atoms with van der Waals surface area (Å²) in [5, 5.41) is 6.82. The van der Waals surface area contributed by atoms with Crippen LogP contribution in [0.4, 0.5) is 5.69 Å². The minimum absolute atomic E-state index is 0.952. The first-order valence-electron chi connectivity index (χ1n) is 9.13. The summed E-state index contributed by atoms with van der Waals surface area (Å²) in [6, 6.07) is 29.6. The van der Waals surface area contributed by atoms with E-state index in [-0.39, 0.29) is 0 Å². The van der Waals surface area contributed by atoms with E-state index in [0.717, 1.165) is 31.7 Å². The third kappa shape index (κ3) is 3.94. The highest BCUT2D eigenvalue weighted by Crippen LogP contribution is 2.19. The van der Waals surface area contributed by atoms with E-state index in [9.17, 15) is 0 Å². The fourth-order valence-electron chi connectivity index (χ4n) is 3.25. The van der Waals surface area contributed by atoms with Crippen molar-refractivity contribution in [1.82, 2.24) is 5.01 Å². The number of hydrogen-bond donors (Lipinski definition) is 0. The van der Waals surface area contributed by atoms with Gasteiger partial charge >= 0.3 is 0 Å². The minimum Gasteiger partial charge on any atom is -0.368 e. The first kappa shape index (κ1) is 16.4. The Hall–Kier alpha value is -3.07. The molecule has 0 atom stereocenters. The van der Waals surface area contributed by atoms with E-state index in [1.807, 2.05) is 12.3 Å². The largest absolute Gasteiger partial charge is 0.368 e. The van der Waals surface area contributed by atoms with Crippen LogP contribution in [0.25, 0.3) is 11.1 Å². The predicted octanol–water partition coefficient (Wildman–Crippen LogP) is 4.51. The number of benzene rings is 3. The summed E-state index contributed by atoms with van der Waals surface area (Å²) in [7, 11) is 0. The van der Waals surface area contributed by atoms with Gasteiger partial charge in [0.25, 0.3) is 0 Å². The molecule has 0 unspecified atom stereocenters. The smallest absolute Gasteiger partial charge is 0.0542 e. The molecule has 0 aromatic heterocycles. The Morgan fingerprint density at radius 1 is 0.615 bits per heavy atom. The van der Waals surface area contributed by atoms with Crippen molar-refractivity contribution in [3.63, 3.8) is 0 Å². The first-order valence-corrected chi connectivity index (χ1v) is 9.13. The van der Waals surface area contributed by atoms with Crippen LogP contribution in [0.1, 0.15) is 5.56 Å². The summed E-state index contributed by atoms with van der Waals surface area (Å²) in [6.07, 6.45) is 1.97. The van der Waals surface area contributed by atoms with Crippen LogP contribution in [0, 0.1) is 0 Å². The van der Waals surface area contributed by atoms with E-state index < -0.39 is 0 Å². The zero-order chi connectivity index (χ0) is 17.6. The van der Waals surface area contributed by atoms with Crippen molar-refractivity contribution in [2.24, 2.45) is 5.10 Å². The summed E-state index contributed by atoms with van der Waals surface area (Å²) in [4.78, 5) is 2.42. The summed E-state index contributed by atoms with van der Waals surface area (Å²) in [5.41, 5.74) is 4.91. The molecule has 0 amide bonds. The molecule has 0 aliphatic carbocycles. The number of hydrazone groups is 1. The molecule has 0 radical (unpaired) electrons. The van der Waals surface area contributed by atoms with Gasteiger partial charge in [-0.25, -0.2) is 0 Å². The molecule has 3 aromatic rings. The van der Waals surface area contributed by atoms with E-state index in [1.165, 1.54) is 16.8 Å². The predicted molar refractivity (Wildman–Crippen MR) is 110 cm³/mol. The lowest BCUT2D eigenvalue weighted by Crippen LogP contribution is -2.44. The van der Waals surface area contributed by atoms with Gasteiger partial charge in [0, 0.05) is 18.8 Å². The van der Waals surface area contributed by atoms with E-state index in [4.69, 9.17) is 0 Å². The molecule has 1 heterocycles. The Kier molecular flexibility index (Phi) is 4.97. The average molecular weight is 341 g/mol. The van der Waals surface area contributed by atoms with Crippen LogP contribution >= 0.6 is 0 Å². The van der Waals surface area contributed by atoms with Crippen molar-refractivity contribution in [2.45, 2.75) is 0 Å². The molecule has 0 spiro atoms. The Morgan fingerprint density at radius 3 is 1.85 bits per heavy atom. The lowest BCUT2D eigenvalue weighted by atomic mass is 10.0. The molecule has 3 aromatic carbocycles. The molecule has 3 nitrogen and oxygen atoms in total. The van der Waals surface area contributed by atoms with E-state index in [0.29, 0.717) is 0 Å². The molecule has 1 aliphatic heterocycles. The van der Waals surface area contributed by atoms with Gasteiger partial charge in [-0.1, -0.05) is 72.8 Å². The van der Waals surface area contributed by atoms with Gasteiger partial charge in [-0.15, -0.1) is 0 Å². The van der Waals surface area contributed by atoms with Gasteiger partial charge in [-0.3, -0.25) is 5.01 Å². The molecule has 0 bridgehead atoms. The number of para-hydroxylation sites is 1. The van der Waals surface area contributed by atoms with Crippen LogP contribution in [0.15, 0.2) is 90.0 Å². The number of piperazine rings is 1. The lowest BCUT2D eigenvalue weighted by Gasteiger charge is -2.34. The van der Waals surface area contributed by atoms with Gasteiger partial charge in [-0.2, -0.15) is 5.10 Å². The second-order valence-electron chi connectivity index (χ2n) is 6.51. The van der Waals surface area contributed by atoms with Crippen LogP contribution in [0.5, 0.6) is 0 Å². The van der Waals surface area contributed by atoms with Crippen molar-refractivity contribution in [2.75, 3.05) is 31.1 Å². The van der Waals surface area contributed by atoms with Crippen LogP contribution in [-0.2, 0) is 0 Å². The number of hydrogen-bond acceptors (Lipinski definition) is 3. The molecule has 130 valence electrons. The van der Waals surface area contributed by atoms with Crippen molar-refractivity contribution in [3.05, 3.63) is 90.5 Å². The molecule has 1 saturated heterocycles. The Bertz CT molecular complexity index is 834. The maximum absolute atomic E-state index is 4.67. The fraction of sp³-hybridized carbons (Fsp3) is 0.174. The average Bonchev–Trinajstić information content (AvgIpc) is 2.74. The van der Waals surface area contributed by atoms with Gasteiger partial charge in [0.1, 0.15) is 0 Å². The van der Waals surface area contributed by atoms with E-state index in [1.54, 1.807) is 0 Å². The monoisotopic (exact) mass is 341 g/mol. The highest BCUT2D eigenvalue weighted by atomic mass is 15.5. The van der Waals surface area contributed by atoms with Crippen molar-refractivity contribution in [1.29, 1.82) is 0 Å². The molecule has 26 heavy (non-hydrogen) atoms. The molecule has 1 aliphatic rings. The molecule has 0 N–H and O–H groups in total. The first-order chi connectivity index (χ1) is 12.9.